The summed E-state index contributed by atoms with van der Waals surface area (Å²) in [6, 6.07) is 21.8. The highest BCUT2D eigenvalue weighted by Gasteiger charge is 2.08. The van der Waals surface area contributed by atoms with E-state index in [4.69, 9.17) is 9.47 Å². The number of benzene rings is 3. The van der Waals surface area contributed by atoms with Gasteiger partial charge in [-0.25, -0.2) is 0 Å². The topological polar surface area (TPSA) is 76.7 Å². The average Bonchev–Trinajstić information content (AvgIpc) is 2.74. The summed E-state index contributed by atoms with van der Waals surface area (Å²) in [4.78, 5) is 23.8. The van der Waals surface area contributed by atoms with Crippen LogP contribution < -0.4 is 20.1 Å². The number of carbonyl (C=O) groups is 2. The van der Waals surface area contributed by atoms with Crippen molar-refractivity contribution in [1.29, 1.82) is 0 Å². The van der Waals surface area contributed by atoms with Crippen molar-refractivity contribution in [2.75, 3.05) is 23.8 Å². The van der Waals surface area contributed by atoms with Gasteiger partial charge in [0.25, 0.3) is 5.91 Å². The van der Waals surface area contributed by atoms with E-state index in [1.807, 2.05) is 43.3 Å². The van der Waals surface area contributed by atoms with Gasteiger partial charge in [-0.05, 0) is 61.0 Å². The molecule has 154 valence electrons. The Balaban J connectivity index is 1.51. The van der Waals surface area contributed by atoms with E-state index in [1.165, 1.54) is 6.92 Å². The third-order valence-corrected chi connectivity index (χ3v) is 4.29. The molecule has 0 fully saturated rings. The Morgan fingerprint density at radius 1 is 0.800 bits per heavy atom. The third-order valence-electron chi connectivity index (χ3n) is 4.29. The maximum Gasteiger partial charge on any atom is 0.255 e. The van der Waals surface area contributed by atoms with Gasteiger partial charge in [-0.2, -0.15) is 0 Å². The first kappa shape index (κ1) is 20.9. The second kappa shape index (κ2) is 10.1. The largest absolute Gasteiger partial charge is 0.490 e. The van der Waals surface area contributed by atoms with E-state index in [0.717, 1.165) is 11.3 Å². The van der Waals surface area contributed by atoms with E-state index in [2.05, 4.69) is 10.6 Å². The Morgan fingerprint density at radius 2 is 1.43 bits per heavy atom. The molecule has 0 aliphatic rings. The lowest BCUT2D eigenvalue weighted by Gasteiger charge is -2.11. The molecule has 0 saturated heterocycles. The lowest BCUT2D eigenvalue weighted by molar-refractivity contribution is -0.114. The molecule has 0 spiro atoms. The molecule has 0 saturated carbocycles. The van der Waals surface area contributed by atoms with Crippen LogP contribution in [0.3, 0.4) is 0 Å². The number of aryl methyl sites for hydroxylation is 1. The number of hydrogen-bond donors (Lipinski definition) is 2. The van der Waals surface area contributed by atoms with Gasteiger partial charge in [0.2, 0.25) is 5.91 Å². The number of para-hydroxylation sites is 1. The van der Waals surface area contributed by atoms with Crippen molar-refractivity contribution in [1.82, 2.24) is 0 Å². The molecule has 0 radical (unpaired) electrons. The first-order valence-corrected chi connectivity index (χ1v) is 9.61. The number of anilines is 2. The molecule has 0 bridgehead atoms. The minimum Gasteiger partial charge on any atom is -0.490 e. The summed E-state index contributed by atoms with van der Waals surface area (Å²) >= 11 is 0. The number of ether oxygens (including phenoxy) is 2. The Kier molecular flexibility index (Phi) is 7.05. The quantitative estimate of drug-likeness (QED) is 0.535. The third kappa shape index (κ3) is 6.10. The van der Waals surface area contributed by atoms with Crippen molar-refractivity contribution in [3.8, 4) is 11.5 Å². The van der Waals surface area contributed by atoms with Crippen molar-refractivity contribution in [3.05, 3.63) is 83.9 Å². The van der Waals surface area contributed by atoms with Gasteiger partial charge in [-0.15, -0.1) is 0 Å². The first-order valence-electron chi connectivity index (χ1n) is 9.61. The van der Waals surface area contributed by atoms with E-state index in [0.29, 0.717) is 35.9 Å². The van der Waals surface area contributed by atoms with E-state index < -0.39 is 0 Å². The molecule has 0 aliphatic carbocycles. The second-order valence-corrected chi connectivity index (χ2v) is 6.70. The molecule has 0 atom stereocenters. The number of nitrogens with one attached hydrogen (secondary N) is 2. The molecule has 3 aromatic rings. The Bertz CT molecular complexity index is 1000. The molecule has 0 heterocycles. The standard InChI is InChI=1S/C24H24N2O4/c1-17-8-11-20(16-23(17)25-18(2)27)26-24(28)19-9-12-22(13-10-19)30-15-14-29-21-6-4-3-5-7-21/h3-13,16H,14-15H2,1-2H3,(H,25,27)(H,26,28). The monoisotopic (exact) mass is 404 g/mol. The first-order chi connectivity index (χ1) is 14.5. The van der Waals surface area contributed by atoms with Gasteiger partial charge in [0.15, 0.2) is 0 Å². The fraction of sp³-hybridized carbons (Fsp3) is 0.167. The van der Waals surface area contributed by atoms with Gasteiger partial charge >= 0.3 is 0 Å². The summed E-state index contributed by atoms with van der Waals surface area (Å²) in [6.45, 7) is 4.16. The highest BCUT2D eigenvalue weighted by atomic mass is 16.5. The number of amides is 2. The molecular weight excluding hydrogens is 380 g/mol. The fourth-order valence-corrected chi connectivity index (χ4v) is 2.77. The minimum atomic E-state index is -0.244. The van der Waals surface area contributed by atoms with Gasteiger partial charge < -0.3 is 20.1 Å². The van der Waals surface area contributed by atoms with Gasteiger partial charge in [0.05, 0.1) is 0 Å². The van der Waals surface area contributed by atoms with Crippen molar-refractivity contribution >= 4 is 23.2 Å². The number of carbonyl (C=O) groups excluding carboxylic acids is 2. The predicted octanol–water partition coefficient (Wildman–Crippen LogP) is 4.66. The molecule has 0 aliphatic heterocycles. The highest BCUT2D eigenvalue weighted by Crippen LogP contribution is 2.21. The number of rotatable bonds is 8. The molecule has 2 N–H and O–H groups in total. The van der Waals surface area contributed by atoms with E-state index in [9.17, 15) is 9.59 Å². The zero-order valence-corrected chi connectivity index (χ0v) is 17.0. The molecule has 3 aromatic carbocycles. The smallest absolute Gasteiger partial charge is 0.255 e. The summed E-state index contributed by atoms with van der Waals surface area (Å²) in [7, 11) is 0. The van der Waals surface area contributed by atoms with Crippen molar-refractivity contribution in [3.63, 3.8) is 0 Å². The normalized spacial score (nSPS) is 10.2. The van der Waals surface area contributed by atoms with Crippen molar-refractivity contribution < 1.29 is 19.1 Å². The maximum absolute atomic E-state index is 12.5. The molecule has 0 unspecified atom stereocenters. The molecular formula is C24H24N2O4. The van der Waals surface area contributed by atoms with Crippen molar-refractivity contribution in [2.45, 2.75) is 13.8 Å². The van der Waals surface area contributed by atoms with Crippen LogP contribution in [0.15, 0.2) is 72.8 Å². The summed E-state index contributed by atoms with van der Waals surface area (Å²) in [5, 5.41) is 5.59. The van der Waals surface area contributed by atoms with Crippen LogP contribution in [0.1, 0.15) is 22.8 Å². The second-order valence-electron chi connectivity index (χ2n) is 6.70. The lowest BCUT2D eigenvalue weighted by Crippen LogP contribution is -2.13. The summed E-state index contributed by atoms with van der Waals surface area (Å²) < 4.78 is 11.2. The zero-order chi connectivity index (χ0) is 21.3. The van der Waals surface area contributed by atoms with Gasteiger partial charge in [0, 0.05) is 23.9 Å². The van der Waals surface area contributed by atoms with Crippen LogP contribution in [-0.4, -0.2) is 25.0 Å². The summed E-state index contributed by atoms with van der Waals surface area (Å²) in [6.07, 6.45) is 0. The van der Waals surface area contributed by atoms with Crippen LogP contribution in [0.5, 0.6) is 11.5 Å². The van der Waals surface area contributed by atoms with Crippen LogP contribution in [0, 0.1) is 6.92 Å². The van der Waals surface area contributed by atoms with E-state index in [1.54, 1.807) is 36.4 Å². The highest BCUT2D eigenvalue weighted by molar-refractivity contribution is 6.04. The summed E-state index contributed by atoms with van der Waals surface area (Å²) in [5.41, 5.74) is 2.69. The van der Waals surface area contributed by atoms with Crippen LogP contribution >= 0.6 is 0 Å². The van der Waals surface area contributed by atoms with Crippen LogP contribution in [0.4, 0.5) is 11.4 Å². The molecule has 30 heavy (non-hydrogen) atoms. The average molecular weight is 404 g/mol. The minimum absolute atomic E-state index is 0.161. The Labute approximate surface area is 175 Å². The molecule has 0 aromatic heterocycles. The SMILES string of the molecule is CC(=O)Nc1cc(NC(=O)c2ccc(OCCOc3ccccc3)cc2)ccc1C. The Hall–Kier alpha value is -3.80. The van der Waals surface area contributed by atoms with Gasteiger partial charge in [-0.3, -0.25) is 9.59 Å². The molecule has 3 rings (SSSR count). The van der Waals surface area contributed by atoms with Crippen LogP contribution in [-0.2, 0) is 4.79 Å². The molecule has 6 heteroatoms. The van der Waals surface area contributed by atoms with Gasteiger partial charge in [0.1, 0.15) is 24.7 Å². The lowest BCUT2D eigenvalue weighted by atomic mass is 10.1. The zero-order valence-electron chi connectivity index (χ0n) is 17.0. The van der Waals surface area contributed by atoms with Crippen LogP contribution in [0.25, 0.3) is 0 Å². The van der Waals surface area contributed by atoms with E-state index >= 15 is 0 Å². The molecule has 2 amide bonds. The van der Waals surface area contributed by atoms with Crippen molar-refractivity contribution in [2.24, 2.45) is 0 Å². The Morgan fingerprint density at radius 3 is 2.07 bits per heavy atom. The molecule has 6 nitrogen and oxygen atoms in total. The predicted molar refractivity (Wildman–Crippen MR) is 117 cm³/mol. The van der Waals surface area contributed by atoms with E-state index in [-0.39, 0.29) is 11.8 Å². The van der Waals surface area contributed by atoms with Gasteiger partial charge in [-0.1, -0.05) is 24.3 Å². The number of hydrogen-bond acceptors (Lipinski definition) is 4. The fourth-order valence-electron chi connectivity index (χ4n) is 2.77. The summed E-state index contributed by atoms with van der Waals surface area (Å²) in [5.74, 6) is 1.05. The maximum atomic E-state index is 12.5. The van der Waals surface area contributed by atoms with Crippen LogP contribution in [0.2, 0.25) is 0 Å².